The Morgan fingerprint density at radius 1 is 1.00 bits per heavy atom. The van der Waals surface area contributed by atoms with E-state index in [4.69, 9.17) is 5.73 Å². The second-order valence-electron chi connectivity index (χ2n) is 6.49. The lowest BCUT2D eigenvalue weighted by molar-refractivity contribution is 0.0954. The number of nitrogens with one attached hydrogen (secondary N) is 1. The van der Waals surface area contributed by atoms with Crippen LogP contribution in [0, 0.1) is 0 Å². The molecule has 0 fully saturated rings. The number of anilines is 1. The van der Waals surface area contributed by atoms with Crippen molar-refractivity contribution >= 4 is 11.9 Å². The standard InChI is InChI=1S/C22H20N6O/c23-22-25-14-19(20(27-22)17-7-3-1-4-8-17)21(29)24-12-11-16-13-26-28(15-16)18-9-5-2-6-10-18/h1-10,13-15H,11-12H2,(H,24,29)(H2,23,25,27). The van der Waals surface area contributed by atoms with Crippen LogP contribution in [0.15, 0.2) is 79.3 Å². The third-order valence-corrected chi connectivity index (χ3v) is 4.46. The SMILES string of the molecule is Nc1ncc(C(=O)NCCc2cnn(-c3ccccc3)c2)c(-c2ccccc2)n1. The zero-order valence-electron chi connectivity index (χ0n) is 15.7. The van der Waals surface area contributed by atoms with E-state index in [0.717, 1.165) is 16.8 Å². The highest BCUT2D eigenvalue weighted by Gasteiger charge is 2.15. The molecular formula is C22H20N6O. The summed E-state index contributed by atoms with van der Waals surface area (Å²) in [4.78, 5) is 21.0. The van der Waals surface area contributed by atoms with Crippen LogP contribution in [0.4, 0.5) is 5.95 Å². The highest BCUT2D eigenvalue weighted by atomic mass is 16.1. The van der Waals surface area contributed by atoms with Gasteiger partial charge in [-0.3, -0.25) is 4.79 Å². The van der Waals surface area contributed by atoms with Gasteiger partial charge in [0.15, 0.2) is 0 Å². The van der Waals surface area contributed by atoms with Gasteiger partial charge in [-0.25, -0.2) is 14.6 Å². The molecule has 0 aliphatic carbocycles. The Kier molecular flexibility index (Phi) is 5.29. The molecule has 2 heterocycles. The number of nitrogens with zero attached hydrogens (tertiary/aromatic N) is 4. The molecule has 0 aliphatic rings. The first-order chi connectivity index (χ1) is 14.2. The summed E-state index contributed by atoms with van der Waals surface area (Å²) in [5, 5.41) is 7.31. The fourth-order valence-corrected chi connectivity index (χ4v) is 3.00. The van der Waals surface area contributed by atoms with Gasteiger partial charge in [0.25, 0.3) is 5.91 Å². The van der Waals surface area contributed by atoms with Crippen molar-refractivity contribution < 1.29 is 4.79 Å². The van der Waals surface area contributed by atoms with Crippen LogP contribution >= 0.6 is 0 Å². The van der Waals surface area contributed by atoms with Crippen LogP contribution in [0.5, 0.6) is 0 Å². The van der Waals surface area contributed by atoms with Crippen molar-refractivity contribution in [2.45, 2.75) is 6.42 Å². The van der Waals surface area contributed by atoms with Gasteiger partial charge in [0.05, 0.1) is 23.1 Å². The van der Waals surface area contributed by atoms with Crippen molar-refractivity contribution in [1.82, 2.24) is 25.1 Å². The van der Waals surface area contributed by atoms with Crippen LogP contribution in [0.25, 0.3) is 16.9 Å². The summed E-state index contributed by atoms with van der Waals surface area (Å²) in [6.07, 6.45) is 5.90. The number of amides is 1. The van der Waals surface area contributed by atoms with Crippen LogP contribution in [0.3, 0.4) is 0 Å². The van der Waals surface area contributed by atoms with Crippen LogP contribution in [0.2, 0.25) is 0 Å². The third kappa shape index (κ3) is 4.30. The molecule has 7 nitrogen and oxygen atoms in total. The number of hydrogen-bond acceptors (Lipinski definition) is 5. The molecule has 0 bridgehead atoms. The number of carbonyl (C=O) groups is 1. The molecule has 1 amide bonds. The summed E-state index contributed by atoms with van der Waals surface area (Å²) in [7, 11) is 0. The molecule has 7 heteroatoms. The van der Waals surface area contributed by atoms with E-state index in [0.29, 0.717) is 24.2 Å². The molecule has 0 saturated heterocycles. The highest BCUT2D eigenvalue weighted by molar-refractivity contribution is 5.99. The second kappa shape index (κ2) is 8.35. The van der Waals surface area contributed by atoms with Crippen molar-refractivity contribution in [3.8, 4) is 16.9 Å². The van der Waals surface area contributed by atoms with Gasteiger partial charge in [-0.05, 0) is 24.1 Å². The molecule has 0 radical (unpaired) electrons. The smallest absolute Gasteiger partial charge is 0.255 e. The van der Waals surface area contributed by atoms with E-state index >= 15 is 0 Å². The summed E-state index contributed by atoms with van der Waals surface area (Å²) in [5.74, 6) is -0.104. The van der Waals surface area contributed by atoms with E-state index in [-0.39, 0.29) is 11.9 Å². The van der Waals surface area contributed by atoms with Crippen LogP contribution in [0.1, 0.15) is 15.9 Å². The lowest BCUT2D eigenvalue weighted by Crippen LogP contribution is -2.26. The van der Waals surface area contributed by atoms with Crippen molar-refractivity contribution in [3.63, 3.8) is 0 Å². The van der Waals surface area contributed by atoms with Gasteiger partial charge >= 0.3 is 0 Å². The minimum atomic E-state index is -0.237. The normalized spacial score (nSPS) is 10.6. The fourth-order valence-electron chi connectivity index (χ4n) is 3.00. The molecule has 0 aliphatic heterocycles. The molecule has 2 aromatic carbocycles. The van der Waals surface area contributed by atoms with Gasteiger partial charge in [-0.1, -0.05) is 48.5 Å². The maximum atomic E-state index is 12.7. The number of benzene rings is 2. The highest BCUT2D eigenvalue weighted by Crippen LogP contribution is 2.21. The molecule has 29 heavy (non-hydrogen) atoms. The number of nitrogen functional groups attached to an aromatic ring is 1. The Bertz CT molecular complexity index is 1110. The van der Waals surface area contributed by atoms with E-state index in [9.17, 15) is 4.79 Å². The number of aromatic nitrogens is 4. The monoisotopic (exact) mass is 384 g/mol. The molecule has 2 aromatic heterocycles. The summed E-state index contributed by atoms with van der Waals surface area (Å²) < 4.78 is 1.82. The fraction of sp³-hybridized carbons (Fsp3) is 0.0909. The predicted molar refractivity (Wildman–Crippen MR) is 111 cm³/mol. The third-order valence-electron chi connectivity index (χ3n) is 4.46. The van der Waals surface area contributed by atoms with Crippen molar-refractivity contribution in [3.05, 3.63) is 90.4 Å². The average molecular weight is 384 g/mol. The molecule has 0 saturated carbocycles. The van der Waals surface area contributed by atoms with Gasteiger partial charge in [0.2, 0.25) is 5.95 Å². The first-order valence-corrected chi connectivity index (χ1v) is 9.26. The van der Waals surface area contributed by atoms with E-state index in [1.807, 2.05) is 71.5 Å². The Morgan fingerprint density at radius 3 is 2.48 bits per heavy atom. The van der Waals surface area contributed by atoms with Gasteiger partial charge in [0.1, 0.15) is 0 Å². The molecule has 0 atom stereocenters. The molecule has 0 unspecified atom stereocenters. The summed E-state index contributed by atoms with van der Waals surface area (Å²) >= 11 is 0. The summed E-state index contributed by atoms with van der Waals surface area (Å²) in [5.41, 5.74) is 9.49. The number of rotatable bonds is 6. The van der Waals surface area contributed by atoms with Gasteiger partial charge in [0, 0.05) is 24.5 Å². The maximum Gasteiger partial charge on any atom is 0.255 e. The van der Waals surface area contributed by atoms with Gasteiger partial charge in [-0.2, -0.15) is 5.10 Å². The molecule has 4 rings (SSSR count). The Balaban J connectivity index is 1.43. The summed E-state index contributed by atoms with van der Waals surface area (Å²) in [6, 6.07) is 19.3. The van der Waals surface area contributed by atoms with Gasteiger partial charge in [-0.15, -0.1) is 0 Å². The zero-order chi connectivity index (χ0) is 20.1. The largest absolute Gasteiger partial charge is 0.368 e. The van der Waals surface area contributed by atoms with Crippen molar-refractivity contribution in [1.29, 1.82) is 0 Å². The van der Waals surface area contributed by atoms with E-state index in [1.165, 1.54) is 6.20 Å². The minimum Gasteiger partial charge on any atom is -0.368 e. The van der Waals surface area contributed by atoms with Crippen LogP contribution < -0.4 is 11.1 Å². The Morgan fingerprint density at radius 2 is 1.72 bits per heavy atom. The molecule has 4 aromatic rings. The molecule has 0 spiro atoms. The number of para-hydroxylation sites is 1. The minimum absolute atomic E-state index is 0.133. The molecular weight excluding hydrogens is 364 g/mol. The lowest BCUT2D eigenvalue weighted by Gasteiger charge is -2.09. The predicted octanol–water partition coefficient (Wildman–Crippen LogP) is 2.88. The second-order valence-corrected chi connectivity index (χ2v) is 6.49. The zero-order valence-corrected chi connectivity index (χ0v) is 15.7. The van der Waals surface area contributed by atoms with Crippen LogP contribution in [-0.2, 0) is 6.42 Å². The molecule has 3 N–H and O–H groups in total. The van der Waals surface area contributed by atoms with Crippen LogP contribution in [-0.4, -0.2) is 32.2 Å². The average Bonchev–Trinajstić information content (AvgIpc) is 3.24. The quantitative estimate of drug-likeness (QED) is 0.533. The van der Waals surface area contributed by atoms with Crippen molar-refractivity contribution in [2.24, 2.45) is 0 Å². The number of carbonyl (C=O) groups excluding carboxylic acids is 1. The summed E-state index contributed by atoms with van der Waals surface area (Å²) in [6.45, 7) is 0.470. The first-order valence-electron chi connectivity index (χ1n) is 9.26. The first kappa shape index (κ1) is 18.4. The topological polar surface area (TPSA) is 98.7 Å². The maximum absolute atomic E-state index is 12.7. The Labute approximate surface area is 168 Å². The van der Waals surface area contributed by atoms with Crippen molar-refractivity contribution in [2.75, 3.05) is 12.3 Å². The van der Waals surface area contributed by atoms with E-state index in [2.05, 4.69) is 20.4 Å². The van der Waals surface area contributed by atoms with E-state index < -0.39 is 0 Å². The number of hydrogen-bond donors (Lipinski definition) is 2. The van der Waals surface area contributed by atoms with Gasteiger partial charge < -0.3 is 11.1 Å². The molecule has 144 valence electrons. The van der Waals surface area contributed by atoms with E-state index in [1.54, 1.807) is 6.20 Å². The Hall–Kier alpha value is -4.00. The number of nitrogens with two attached hydrogens (primary N) is 1. The lowest BCUT2D eigenvalue weighted by atomic mass is 10.1.